The van der Waals surface area contributed by atoms with Gasteiger partial charge in [-0.3, -0.25) is 4.79 Å². The van der Waals surface area contributed by atoms with Crippen molar-refractivity contribution in [3.05, 3.63) is 0 Å². The van der Waals surface area contributed by atoms with Crippen LogP contribution in [-0.2, 0) is 4.79 Å². The Kier molecular flexibility index (Phi) is 2.88. The first-order valence-electron chi connectivity index (χ1n) is 5.75. The van der Waals surface area contributed by atoms with E-state index in [1.165, 1.54) is 0 Å². The highest BCUT2D eigenvalue weighted by atomic mass is 19.4. The zero-order valence-corrected chi connectivity index (χ0v) is 9.07. The molecule has 0 aromatic carbocycles. The van der Waals surface area contributed by atoms with Gasteiger partial charge in [0, 0.05) is 13.0 Å². The molecule has 1 heterocycles. The SMILES string of the molecule is O=C1CCC2(CCCC(C(F)(F)F)C2)CN1. The summed E-state index contributed by atoms with van der Waals surface area (Å²) in [6.07, 6.45) is -1.19. The average Bonchev–Trinajstić information content (AvgIpc) is 2.22. The number of carbonyl (C=O) groups is 1. The Labute approximate surface area is 92.6 Å². The molecule has 0 aromatic rings. The minimum absolute atomic E-state index is 0.0280. The molecule has 5 heteroatoms. The summed E-state index contributed by atoms with van der Waals surface area (Å²) in [6, 6.07) is 0. The minimum atomic E-state index is -4.07. The molecule has 0 aromatic heterocycles. The Bertz CT molecular complexity index is 277. The molecule has 2 nitrogen and oxygen atoms in total. The molecule has 2 atom stereocenters. The fourth-order valence-electron chi connectivity index (χ4n) is 2.96. The summed E-state index contributed by atoms with van der Waals surface area (Å²) in [7, 11) is 0. The van der Waals surface area contributed by atoms with E-state index in [4.69, 9.17) is 0 Å². The molecule has 0 radical (unpaired) electrons. The van der Waals surface area contributed by atoms with Gasteiger partial charge in [0.1, 0.15) is 0 Å². The number of halogens is 3. The van der Waals surface area contributed by atoms with Gasteiger partial charge in [0.15, 0.2) is 0 Å². The molecule has 1 aliphatic heterocycles. The predicted octanol–water partition coefficient (Wildman–Crippen LogP) is 2.64. The summed E-state index contributed by atoms with van der Waals surface area (Å²) in [6.45, 7) is 0.429. The molecule has 1 spiro atoms. The van der Waals surface area contributed by atoms with E-state index in [1.54, 1.807) is 0 Å². The third-order valence-corrected chi connectivity index (χ3v) is 3.94. The van der Waals surface area contributed by atoms with Crippen LogP contribution in [0, 0.1) is 11.3 Å². The Balaban J connectivity index is 2.03. The van der Waals surface area contributed by atoms with Gasteiger partial charge in [-0.05, 0) is 31.1 Å². The lowest BCUT2D eigenvalue weighted by Gasteiger charge is -2.43. The minimum Gasteiger partial charge on any atom is -0.356 e. The zero-order valence-electron chi connectivity index (χ0n) is 9.07. The number of alkyl halides is 3. The van der Waals surface area contributed by atoms with Gasteiger partial charge in [0.05, 0.1) is 5.92 Å². The second-order valence-corrected chi connectivity index (χ2v) is 5.11. The van der Waals surface area contributed by atoms with Gasteiger partial charge in [-0.1, -0.05) is 6.42 Å². The molecule has 92 valence electrons. The van der Waals surface area contributed by atoms with Crippen LogP contribution in [0.1, 0.15) is 38.5 Å². The first kappa shape index (κ1) is 11.7. The van der Waals surface area contributed by atoms with Crippen LogP contribution in [0.25, 0.3) is 0 Å². The fourth-order valence-corrected chi connectivity index (χ4v) is 2.96. The van der Waals surface area contributed by atoms with Crippen molar-refractivity contribution in [1.82, 2.24) is 5.32 Å². The van der Waals surface area contributed by atoms with Crippen molar-refractivity contribution < 1.29 is 18.0 Å². The second kappa shape index (κ2) is 3.93. The molecular formula is C11H16F3NO. The summed E-state index contributed by atoms with van der Waals surface area (Å²) < 4.78 is 38.0. The van der Waals surface area contributed by atoms with E-state index in [-0.39, 0.29) is 24.2 Å². The lowest BCUT2D eigenvalue weighted by molar-refractivity contribution is -0.193. The summed E-state index contributed by atoms with van der Waals surface area (Å²) >= 11 is 0. The third kappa shape index (κ3) is 2.33. The summed E-state index contributed by atoms with van der Waals surface area (Å²) in [5.74, 6) is -1.20. The maximum Gasteiger partial charge on any atom is 0.391 e. The molecule has 0 bridgehead atoms. The monoisotopic (exact) mass is 235 g/mol. The van der Waals surface area contributed by atoms with Crippen molar-refractivity contribution in [3.8, 4) is 0 Å². The molecule has 2 fully saturated rings. The standard InChI is InChI=1S/C11H16F3NO/c12-11(13,14)8-2-1-4-10(6-8)5-3-9(16)15-7-10/h8H,1-7H2,(H,15,16). The van der Waals surface area contributed by atoms with Crippen molar-refractivity contribution in [2.45, 2.75) is 44.7 Å². The van der Waals surface area contributed by atoms with Crippen LogP contribution in [-0.4, -0.2) is 18.6 Å². The first-order chi connectivity index (χ1) is 7.41. The summed E-state index contributed by atoms with van der Waals surface area (Å²) in [5, 5.41) is 2.71. The van der Waals surface area contributed by atoms with Crippen molar-refractivity contribution >= 4 is 5.91 Å². The van der Waals surface area contributed by atoms with Crippen LogP contribution in [0.4, 0.5) is 13.2 Å². The number of hydrogen-bond acceptors (Lipinski definition) is 1. The van der Waals surface area contributed by atoms with Gasteiger partial charge in [-0.15, -0.1) is 0 Å². The number of carbonyl (C=O) groups excluding carboxylic acids is 1. The highest BCUT2D eigenvalue weighted by Crippen LogP contribution is 2.48. The van der Waals surface area contributed by atoms with E-state index >= 15 is 0 Å². The molecule has 16 heavy (non-hydrogen) atoms. The van der Waals surface area contributed by atoms with Gasteiger partial charge < -0.3 is 5.32 Å². The number of hydrogen-bond donors (Lipinski definition) is 1. The van der Waals surface area contributed by atoms with Crippen LogP contribution >= 0.6 is 0 Å². The smallest absolute Gasteiger partial charge is 0.356 e. The van der Waals surface area contributed by atoms with E-state index in [0.717, 1.165) is 6.42 Å². The van der Waals surface area contributed by atoms with E-state index < -0.39 is 12.1 Å². The average molecular weight is 235 g/mol. The Morgan fingerprint density at radius 3 is 2.62 bits per heavy atom. The normalized spacial score (nSPS) is 36.2. The fraction of sp³-hybridized carbons (Fsp3) is 0.909. The predicted molar refractivity (Wildman–Crippen MR) is 52.7 cm³/mol. The molecular weight excluding hydrogens is 219 g/mol. The lowest BCUT2D eigenvalue weighted by Crippen LogP contribution is -2.47. The van der Waals surface area contributed by atoms with E-state index in [9.17, 15) is 18.0 Å². The van der Waals surface area contributed by atoms with Gasteiger partial charge >= 0.3 is 6.18 Å². The van der Waals surface area contributed by atoms with E-state index in [2.05, 4.69) is 5.32 Å². The van der Waals surface area contributed by atoms with Crippen LogP contribution in [0.15, 0.2) is 0 Å². The van der Waals surface area contributed by atoms with E-state index in [0.29, 0.717) is 25.8 Å². The topological polar surface area (TPSA) is 29.1 Å². The highest BCUT2D eigenvalue weighted by molar-refractivity contribution is 5.76. The van der Waals surface area contributed by atoms with Gasteiger partial charge in [-0.2, -0.15) is 13.2 Å². The number of rotatable bonds is 0. The number of amides is 1. The molecule has 1 N–H and O–H groups in total. The maximum atomic E-state index is 12.7. The molecule has 2 unspecified atom stereocenters. The molecule has 2 aliphatic rings. The van der Waals surface area contributed by atoms with Crippen LogP contribution < -0.4 is 5.32 Å². The highest BCUT2D eigenvalue weighted by Gasteiger charge is 2.48. The molecule has 1 amide bonds. The molecule has 1 saturated heterocycles. The van der Waals surface area contributed by atoms with Gasteiger partial charge in [-0.25, -0.2) is 0 Å². The maximum absolute atomic E-state index is 12.7. The molecule has 1 saturated carbocycles. The van der Waals surface area contributed by atoms with Gasteiger partial charge in [0.2, 0.25) is 5.91 Å². The Morgan fingerprint density at radius 1 is 1.31 bits per heavy atom. The summed E-state index contributed by atoms with van der Waals surface area (Å²) in [5.41, 5.74) is -0.285. The quantitative estimate of drug-likeness (QED) is 0.687. The van der Waals surface area contributed by atoms with Gasteiger partial charge in [0.25, 0.3) is 0 Å². The largest absolute Gasteiger partial charge is 0.391 e. The van der Waals surface area contributed by atoms with E-state index in [1.807, 2.05) is 0 Å². The van der Waals surface area contributed by atoms with Crippen LogP contribution in [0.2, 0.25) is 0 Å². The van der Waals surface area contributed by atoms with Crippen molar-refractivity contribution in [3.63, 3.8) is 0 Å². The summed E-state index contributed by atoms with van der Waals surface area (Å²) in [4.78, 5) is 11.0. The number of piperidine rings is 1. The van der Waals surface area contributed by atoms with Crippen molar-refractivity contribution in [1.29, 1.82) is 0 Å². The van der Waals surface area contributed by atoms with Crippen molar-refractivity contribution in [2.24, 2.45) is 11.3 Å². The van der Waals surface area contributed by atoms with Crippen LogP contribution in [0.5, 0.6) is 0 Å². The molecule has 1 aliphatic carbocycles. The number of nitrogens with one attached hydrogen (secondary N) is 1. The first-order valence-corrected chi connectivity index (χ1v) is 5.75. The zero-order chi connectivity index (χ0) is 11.8. The second-order valence-electron chi connectivity index (χ2n) is 5.11. The Hall–Kier alpha value is -0.740. The lowest BCUT2D eigenvalue weighted by atomic mass is 9.66. The van der Waals surface area contributed by atoms with Crippen LogP contribution in [0.3, 0.4) is 0 Å². The van der Waals surface area contributed by atoms with Crippen molar-refractivity contribution in [2.75, 3.05) is 6.54 Å². The Morgan fingerprint density at radius 2 is 2.06 bits per heavy atom. The molecule has 2 rings (SSSR count). The third-order valence-electron chi connectivity index (χ3n) is 3.94.